The maximum absolute atomic E-state index is 2.68. The SMILES string of the molecule is CC#CC.CC(C)C=CC(C)C. The Kier molecular flexibility index (Phi) is 11.9. The highest BCUT2D eigenvalue weighted by atomic mass is 13.9. The van der Waals surface area contributed by atoms with Crippen LogP contribution in [0.2, 0.25) is 0 Å². The molecule has 0 rings (SSSR count). The van der Waals surface area contributed by atoms with Gasteiger partial charge in [-0.1, -0.05) is 39.8 Å². The van der Waals surface area contributed by atoms with Crippen molar-refractivity contribution in [3.8, 4) is 11.8 Å². The van der Waals surface area contributed by atoms with Crippen molar-refractivity contribution in [3.05, 3.63) is 12.2 Å². The van der Waals surface area contributed by atoms with Crippen LogP contribution in [0.3, 0.4) is 0 Å². The Labute approximate surface area is 78.1 Å². The van der Waals surface area contributed by atoms with E-state index in [4.69, 9.17) is 0 Å². The summed E-state index contributed by atoms with van der Waals surface area (Å²) in [5.41, 5.74) is 0. The summed E-state index contributed by atoms with van der Waals surface area (Å²) in [5, 5.41) is 0. The van der Waals surface area contributed by atoms with E-state index in [0.717, 1.165) is 0 Å². The topological polar surface area (TPSA) is 0 Å². The summed E-state index contributed by atoms with van der Waals surface area (Å²) in [6.45, 7) is 12.4. The second-order valence-electron chi connectivity index (χ2n) is 3.37. The van der Waals surface area contributed by atoms with E-state index in [0.29, 0.717) is 11.8 Å². The van der Waals surface area contributed by atoms with Crippen LogP contribution >= 0.6 is 0 Å². The number of rotatable bonds is 2. The van der Waals surface area contributed by atoms with E-state index < -0.39 is 0 Å². The summed E-state index contributed by atoms with van der Waals surface area (Å²) in [6.07, 6.45) is 4.48. The smallest absolute Gasteiger partial charge is 0.00271 e. The highest BCUT2D eigenvalue weighted by Gasteiger charge is 1.85. The van der Waals surface area contributed by atoms with Gasteiger partial charge in [-0.05, 0) is 25.7 Å². The molecule has 0 amide bonds. The molecule has 0 aromatic heterocycles. The van der Waals surface area contributed by atoms with Crippen LogP contribution in [0.5, 0.6) is 0 Å². The van der Waals surface area contributed by atoms with Gasteiger partial charge in [-0.15, -0.1) is 11.8 Å². The predicted molar refractivity (Wildman–Crippen MR) is 57.9 cm³/mol. The van der Waals surface area contributed by atoms with Gasteiger partial charge in [0.2, 0.25) is 0 Å². The minimum absolute atomic E-state index is 0.706. The molecule has 0 aromatic rings. The lowest BCUT2D eigenvalue weighted by Crippen LogP contribution is -1.81. The molecule has 0 aromatic carbocycles. The highest BCUT2D eigenvalue weighted by molar-refractivity contribution is 4.89. The summed E-state index contributed by atoms with van der Waals surface area (Å²) in [4.78, 5) is 0. The Bertz CT molecular complexity index is 135. The van der Waals surface area contributed by atoms with Crippen LogP contribution in [0.25, 0.3) is 0 Å². The monoisotopic (exact) mass is 166 g/mol. The summed E-state index contributed by atoms with van der Waals surface area (Å²) in [5.74, 6) is 6.77. The van der Waals surface area contributed by atoms with Crippen molar-refractivity contribution in [1.82, 2.24) is 0 Å². The van der Waals surface area contributed by atoms with Crippen molar-refractivity contribution in [3.63, 3.8) is 0 Å². The van der Waals surface area contributed by atoms with Crippen molar-refractivity contribution >= 4 is 0 Å². The lowest BCUT2D eigenvalue weighted by atomic mass is 10.1. The van der Waals surface area contributed by atoms with E-state index in [1.54, 1.807) is 0 Å². The molecule has 12 heavy (non-hydrogen) atoms. The summed E-state index contributed by atoms with van der Waals surface area (Å²) in [6, 6.07) is 0. The fourth-order valence-corrected chi connectivity index (χ4v) is 0.444. The first kappa shape index (κ1) is 13.9. The van der Waals surface area contributed by atoms with Gasteiger partial charge in [0, 0.05) is 0 Å². The largest absolute Gasteiger partial charge is 0.107 e. The third kappa shape index (κ3) is 22.8. The molecular weight excluding hydrogens is 144 g/mol. The molecule has 0 unspecified atom stereocenters. The minimum Gasteiger partial charge on any atom is -0.107 e. The molecule has 0 aliphatic heterocycles. The predicted octanol–water partition coefficient (Wildman–Crippen LogP) is 3.88. The van der Waals surface area contributed by atoms with Gasteiger partial charge >= 0.3 is 0 Å². The molecule has 0 atom stereocenters. The lowest BCUT2D eigenvalue weighted by Gasteiger charge is -1.95. The second kappa shape index (κ2) is 10.3. The summed E-state index contributed by atoms with van der Waals surface area (Å²) < 4.78 is 0. The van der Waals surface area contributed by atoms with E-state index in [1.165, 1.54) is 0 Å². The average molecular weight is 166 g/mol. The van der Waals surface area contributed by atoms with E-state index in [9.17, 15) is 0 Å². The molecule has 0 fully saturated rings. The molecule has 0 nitrogen and oxygen atoms in total. The maximum Gasteiger partial charge on any atom is -0.00271 e. The lowest BCUT2D eigenvalue weighted by molar-refractivity contribution is 0.780. The van der Waals surface area contributed by atoms with Crippen molar-refractivity contribution in [2.24, 2.45) is 11.8 Å². The van der Waals surface area contributed by atoms with Crippen LogP contribution in [0.15, 0.2) is 12.2 Å². The Morgan fingerprint density at radius 1 is 0.750 bits per heavy atom. The Balaban J connectivity index is 0. The molecule has 0 N–H and O–H groups in total. The first-order valence-corrected chi connectivity index (χ1v) is 4.56. The molecule has 0 saturated carbocycles. The molecule has 0 aliphatic rings. The second-order valence-corrected chi connectivity index (χ2v) is 3.37. The van der Waals surface area contributed by atoms with Crippen molar-refractivity contribution in [1.29, 1.82) is 0 Å². The van der Waals surface area contributed by atoms with Gasteiger partial charge in [0.05, 0.1) is 0 Å². The van der Waals surface area contributed by atoms with Gasteiger partial charge in [0.15, 0.2) is 0 Å². The first-order chi connectivity index (χ1) is 5.54. The van der Waals surface area contributed by atoms with Crippen LogP contribution in [0.4, 0.5) is 0 Å². The van der Waals surface area contributed by atoms with Gasteiger partial charge in [-0.3, -0.25) is 0 Å². The van der Waals surface area contributed by atoms with Crippen LogP contribution in [-0.4, -0.2) is 0 Å². The number of allylic oxidation sites excluding steroid dienone is 2. The fraction of sp³-hybridized carbons (Fsp3) is 0.667. The Hall–Kier alpha value is -0.700. The summed E-state index contributed by atoms with van der Waals surface area (Å²) in [7, 11) is 0. The van der Waals surface area contributed by atoms with E-state index in [1.807, 2.05) is 13.8 Å². The van der Waals surface area contributed by atoms with Gasteiger partial charge in [-0.25, -0.2) is 0 Å². The Morgan fingerprint density at radius 2 is 1.00 bits per heavy atom. The number of hydrogen-bond donors (Lipinski definition) is 0. The molecule has 70 valence electrons. The maximum atomic E-state index is 2.68. The zero-order chi connectivity index (χ0) is 9.98. The molecule has 0 aliphatic carbocycles. The standard InChI is InChI=1S/C8H16.C4H6/c1-7(2)5-6-8(3)4;1-3-4-2/h5-8H,1-4H3;1-2H3. The number of hydrogen-bond acceptors (Lipinski definition) is 0. The first-order valence-electron chi connectivity index (χ1n) is 4.56. The zero-order valence-corrected chi connectivity index (χ0v) is 9.31. The zero-order valence-electron chi connectivity index (χ0n) is 9.31. The van der Waals surface area contributed by atoms with Crippen molar-refractivity contribution in [2.75, 3.05) is 0 Å². The van der Waals surface area contributed by atoms with E-state index >= 15 is 0 Å². The van der Waals surface area contributed by atoms with Crippen LogP contribution < -0.4 is 0 Å². The van der Waals surface area contributed by atoms with E-state index in [2.05, 4.69) is 51.7 Å². The molecular formula is C12H22. The van der Waals surface area contributed by atoms with Gasteiger partial charge < -0.3 is 0 Å². The fourth-order valence-electron chi connectivity index (χ4n) is 0.444. The third-order valence-corrected chi connectivity index (χ3v) is 1.13. The van der Waals surface area contributed by atoms with Crippen LogP contribution in [0.1, 0.15) is 41.5 Å². The normalized spacial score (nSPS) is 9.33. The Morgan fingerprint density at radius 3 is 1.08 bits per heavy atom. The van der Waals surface area contributed by atoms with Crippen LogP contribution in [-0.2, 0) is 0 Å². The molecule has 0 heteroatoms. The highest BCUT2D eigenvalue weighted by Crippen LogP contribution is 1.99. The van der Waals surface area contributed by atoms with Crippen LogP contribution in [0, 0.1) is 23.7 Å². The average Bonchev–Trinajstić information content (AvgIpc) is 2.01. The van der Waals surface area contributed by atoms with Gasteiger partial charge in [0.1, 0.15) is 0 Å². The van der Waals surface area contributed by atoms with Crippen molar-refractivity contribution in [2.45, 2.75) is 41.5 Å². The third-order valence-electron chi connectivity index (χ3n) is 1.13. The van der Waals surface area contributed by atoms with Gasteiger partial charge in [0.25, 0.3) is 0 Å². The molecule has 0 spiro atoms. The molecule has 0 radical (unpaired) electrons. The van der Waals surface area contributed by atoms with Crippen molar-refractivity contribution < 1.29 is 0 Å². The quantitative estimate of drug-likeness (QED) is 0.431. The van der Waals surface area contributed by atoms with E-state index in [-0.39, 0.29) is 0 Å². The molecule has 0 heterocycles. The van der Waals surface area contributed by atoms with Gasteiger partial charge in [-0.2, -0.15) is 0 Å². The minimum atomic E-state index is 0.706. The molecule has 0 saturated heterocycles. The molecule has 0 bridgehead atoms. The summed E-state index contributed by atoms with van der Waals surface area (Å²) >= 11 is 0.